The third kappa shape index (κ3) is 6.22. The van der Waals surface area contributed by atoms with Gasteiger partial charge in [-0.15, -0.1) is 0 Å². The Labute approximate surface area is 147 Å². The Morgan fingerprint density at radius 3 is 2.29 bits per heavy atom. The van der Waals surface area contributed by atoms with Crippen LogP contribution in [0.1, 0.15) is 82.6 Å². The average molecular weight is 333 g/mol. The van der Waals surface area contributed by atoms with Crippen LogP contribution < -0.4 is 0 Å². The fourth-order valence-corrected chi connectivity index (χ4v) is 2.93. The van der Waals surface area contributed by atoms with Crippen LogP contribution in [-0.2, 0) is 6.42 Å². The molecule has 1 aromatic rings. The van der Waals surface area contributed by atoms with E-state index in [-0.39, 0.29) is 11.2 Å². The molecule has 0 amide bonds. The van der Waals surface area contributed by atoms with E-state index in [2.05, 4.69) is 0 Å². The molecule has 2 rings (SSSR count). The molecule has 2 heteroatoms. The summed E-state index contributed by atoms with van der Waals surface area (Å²) in [6.07, 6.45) is 8.91. The number of Topliss-reactive ketones (excluding diaryl/α,β-unsaturated/α-hetero) is 1. The standard InChI is InChI=1S/C20H27FO.C2H6/c1-19(2,3)18(22)17-11-9-16(10-12-17)15-20(21)13-7-5-4-6-8-14-20;1-2/h7,9-13H,4-6,8,14-15H2,1-3H3;1-2H3/b13-7-;. The molecule has 134 valence electrons. The maximum absolute atomic E-state index is 15.0. The topological polar surface area (TPSA) is 17.1 Å². The molecule has 1 atom stereocenters. The smallest absolute Gasteiger partial charge is 0.168 e. The Hall–Kier alpha value is -1.44. The number of allylic oxidation sites excluding steroid dienone is 2. The van der Waals surface area contributed by atoms with Gasteiger partial charge in [-0.3, -0.25) is 4.79 Å². The van der Waals surface area contributed by atoms with Gasteiger partial charge >= 0.3 is 0 Å². The van der Waals surface area contributed by atoms with Crippen molar-refractivity contribution >= 4 is 5.78 Å². The van der Waals surface area contributed by atoms with Crippen molar-refractivity contribution < 1.29 is 9.18 Å². The van der Waals surface area contributed by atoms with Gasteiger partial charge in [-0.05, 0) is 31.2 Å². The first-order valence-electron chi connectivity index (χ1n) is 9.31. The van der Waals surface area contributed by atoms with Crippen LogP contribution in [0.5, 0.6) is 0 Å². The molecule has 0 fully saturated rings. The van der Waals surface area contributed by atoms with Gasteiger partial charge in [0.25, 0.3) is 0 Å². The molecule has 1 aliphatic carbocycles. The van der Waals surface area contributed by atoms with Crippen molar-refractivity contribution in [3.05, 3.63) is 47.5 Å². The average Bonchev–Trinajstić information content (AvgIpc) is 2.53. The number of halogens is 1. The summed E-state index contributed by atoms with van der Waals surface area (Å²) >= 11 is 0. The van der Waals surface area contributed by atoms with E-state index < -0.39 is 5.67 Å². The van der Waals surface area contributed by atoms with Crippen LogP contribution in [0.25, 0.3) is 0 Å². The minimum atomic E-state index is -1.24. The number of hydrogen-bond donors (Lipinski definition) is 0. The van der Waals surface area contributed by atoms with Crippen LogP contribution in [0.2, 0.25) is 0 Å². The highest BCUT2D eigenvalue weighted by molar-refractivity contribution is 5.99. The largest absolute Gasteiger partial charge is 0.294 e. The zero-order chi connectivity index (χ0) is 18.2. The Morgan fingerprint density at radius 1 is 1.08 bits per heavy atom. The van der Waals surface area contributed by atoms with Crippen molar-refractivity contribution in [2.45, 2.75) is 78.8 Å². The first-order valence-corrected chi connectivity index (χ1v) is 9.31. The molecule has 1 aromatic carbocycles. The number of alkyl halides is 1. The summed E-state index contributed by atoms with van der Waals surface area (Å²) in [5, 5.41) is 0. The van der Waals surface area contributed by atoms with Crippen LogP contribution in [0.15, 0.2) is 36.4 Å². The van der Waals surface area contributed by atoms with Gasteiger partial charge in [-0.2, -0.15) is 0 Å². The third-order valence-corrected chi connectivity index (χ3v) is 4.28. The van der Waals surface area contributed by atoms with Crippen LogP contribution in [-0.4, -0.2) is 11.5 Å². The Balaban J connectivity index is 0.00000139. The van der Waals surface area contributed by atoms with Crippen LogP contribution >= 0.6 is 0 Å². The Kier molecular flexibility index (Phi) is 7.86. The molecule has 0 saturated heterocycles. The second-order valence-electron chi connectivity index (χ2n) is 7.49. The molecule has 0 bridgehead atoms. The fourth-order valence-electron chi connectivity index (χ4n) is 2.93. The molecule has 0 heterocycles. The zero-order valence-corrected chi connectivity index (χ0v) is 16.0. The predicted molar refractivity (Wildman–Crippen MR) is 101 cm³/mol. The summed E-state index contributed by atoms with van der Waals surface area (Å²) < 4.78 is 15.0. The lowest BCUT2D eigenvalue weighted by Gasteiger charge is -2.24. The molecule has 0 saturated carbocycles. The number of ketones is 1. The van der Waals surface area contributed by atoms with Crippen molar-refractivity contribution in [2.24, 2.45) is 5.41 Å². The first-order chi connectivity index (χ1) is 11.3. The molecule has 0 N–H and O–H groups in total. The maximum Gasteiger partial charge on any atom is 0.168 e. The van der Waals surface area contributed by atoms with Crippen molar-refractivity contribution in [3.8, 4) is 0 Å². The monoisotopic (exact) mass is 332 g/mol. The summed E-state index contributed by atoms with van der Waals surface area (Å²) in [4.78, 5) is 12.2. The summed E-state index contributed by atoms with van der Waals surface area (Å²) in [6.45, 7) is 9.75. The lowest BCUT2D eigenvalue weighted by Crippen LogP contribution is -2.24. The van der Waals surface area contributed by atoms with Gasteiger partial charge in [0.2, 0.25) is 0 Å². The van der Waals surface area contributed by atoms with Crippen LogP contribution in [0.4, 0.5) is 4.39 Å². The summed E-state index contributed by atoms with van der Waals surface area (Å²) in [5.74, 6) is 0.125. The van der Waals surface area contributed by atoms with E-state index in [0.29, 0.717) is 18.4 Å². The van der Waals surface area contributed by atoms with Gasteiger partial charge < -0.3 is 0 Å². The second kappa shape index (κ2) is 9.15. The molecule has 0 aliphatic heterocycles. The Morgan fingerprint density at radius 2 is 1.71 bits per heavy atom. The normalized spacial score (nSPS) is 22.6. The lowest BCUT2D eigenvalue weighted by atomic mass is 9.85. The van der Waals surface area contributed by atoms with E-state index in [1.165, 1.54) is 0 Å². The van der Waals surface area contributed by atoms with Crippen molar-refractivity contribution in [1.29, 1.82) is 0 Å². The van der Waals surface area contributed by atoms with Crippen LogP contribution in [0, 0.1) is 5.41 Å². The van der Waals surface area contributed by atoms with Crippen LogP contribution in [0.3, 0.4) is 0 Å². The molecule has 0 aromatic heterocycles. The number of benzene rings is 1. The Bertz CT molecular complexity index is 536. The second-order valence-corrected chi connectivity index (χ2v) is 7.49. The highest BCUT2D eigenvalue weighted by Crippen LogP contribution is 2.29. The number of carbonyl (C=O) groups is 1. The summed E-state index contributed by atoms with van der Waals surface area (Å²) in [7, 11) is 0. The first kappa shape index (κ1) is 20.6. The highest BCUT2D eigenvalue weighted by atomic mass is 19.1. The van der Waals surface area contributed by atoms with Crippen molar-refractivity contribution in [3.63, 3.8) is 0 Å². The summed E-state index contributed by atoms with van der Waals surface area (Å²) in [6, 6.07) is 7.46. The summed E-state index contributed by atoms with van der Waals surface area (Å²) in [5.41, 5.74) is 0.0386. The van der Waals surface area contributed by atoms with E-state index in [0.717, 1.165) is 31.2 Å². The number of hydrogen-bond acceptors (Lipinski definition) is 1. The molecule has 1 nitrogen and oxygen atoms in total. The van der Waals surface area contributed by atoms with E-state index in [4.69, 9.17) is 0 Å². The molecular formula is C22H33FO. The van der Waals surface area contributed by atoms with E-state index >= 15 is 0 Å². The molecule has 0 radical (unpaired) electrons. The minimum absolute atomic E-state index is 0.125. The lowest BCUT2D eigenvalue weighted by molar-refractivity contribution is 0.0858. The van der Waals surface area contributed by atoms with Gasteiger partial charge in [-0.25, -0.2) is 4.39 Å². The molecule has 24 heavy (non-hydrogen) atoms. The van der Waals surface area contributed by atoms with E-state index in [1.807, 2.05) is 65.0 Å². The van der Waals surface area contributed by atoms with Crippen molar-refractivity contribution in [1.82, 2.24) is 0 Å². The predicted octanol–water partition coefficient (Wildman–Crippen LogP) is 6.71. The van der Waals surface area contributed by atoms with Gasteiger partial charge in [0, 0.05) is 17.4 Å². The zero-order valence-electron chi connectivity index (χ0n) is 16.0. The number of rotatable bonds is 3. The minimum Gasteiger partial charge on any atom is -0.294 e. The van der Waals surface area contributed by atoms with E-state index in [9.17, 15) is 9.18 Å². The quantitative estimate of drug-likeness (QED) is 0.444. The molecule has 1 aliphatic rings. The molecule has 1 unspecified atom stereocenters. The van der Waals surface area contributed by atoms with Gasteiger partial charge in [0.15, 0.2) is 5.78 Å². The molecular weight excluding hydrogens is 299 g/mol. The van der Waals surface area contributed by atoms with E-state index in [1.54, 1.807) is 6.08 Å². The van der Waals surface area contributed by atoms with Crippen molar-refractivity contribution in [2.75, 3.05) is 0 Å². The van der Waals surface area contributed by atoms with Gasteiger partial charge in [-0.1, -0.05) is 77.5 Å². The van der Waals surface area contributed by atoms with Gasteiger partial charge in [0.1, 0.15) is 5.67 Å². The molecule has 0 spiro atoms. The third-order valence-electron chi connectivity index (χ3n) is 4.28. The van der Waals surface area contributed by atoms with Gasteiger partial charge in [0.05, 0.1) is 0 Å². The fraction of sp³-hybridized carbons (Fsp3) is 0.591. The maximum atomic E-state index is 15.0. The number of carbonyl (C=O) groups excluding carboxylic acids is 1. The SMILES string of the molecule is CC.CC(C)(C)C(=O)c1ccc(CC2(F)/C=C\CCCCC2)cc1. The highest BCUT2D eigenvalue weighted by Gasteiger charge is 2.27.